The molecule has 0 unspecified atom stereocenters. The van der Waals surface area contributed by atoms with E-state index in [9.17, 15) is 4.79 Å². The smallest absolute Gasteiger partial charge is 0.338 e. The normalized spacial score (nSPS) is 11.0. The molecule has 2 aromatic heterocycles. The van der Waals surface area contributed by atoms with Crippen molar-refractivity contribution in [3.05, 3.63) is 60.3 Å². The van der Waals surface area contributed by atoms with Crippen LogP contribution in [0.4, 0.5) is 0 Å². The first kappa shape index (κ1) is 21.1. The second kappa shape index (κ2) is 9.75. The molecule has 31 heavy (non-hydrogen) atoms. The number of imidazole rings is 1. The predicted molar refractivity (Wildman–Crippen MR) is 123 cm³/mol. The number of aromatic nitrogens is 3. The van der Waals surface area contributed by atoms with Crippen molar-refractivity contribution in [3.63, 3.8) is 0 Å². The fourth-order valence-corrected chi connectivity index (χ4v) is 4.11. The molecule has 4 aromatic rings. The van der Waals surface area contributed by atoms with Gasteiger partial charge in [0.15, 0.2) is 0 Å². The first-order valence-electron chi connectivity index (χ1n) is 10.5. The second-order valence-electron chi connectivity index (χ2n) is 7.12. The van der Waals surface area contributed by atoms with Gasteiger partial charge in [0.25, 0.3) is 0 Å². The molecular formula is C24H25N3O3S. The maximum absolute atomic E-state index is 11.9. The van der Waals surface area contributed by atoms with Crippen LogP contribution in [-0.2, 0) is 4.74 Å². The average molecular weight is 436 g/mol. The molecule has 0 aliphatic heterocycles. The number of rotatable bonds is 9. The van der Waals surface area contributed by atoms with Crippen LogP contribution in [0.3, 0.4) is 0 Å². The molecule has 0 spiro atoms. The number of nitrogens with zero attached hydrogens (tertiary/aromatic N) is 3. The summed E-state index contributed by atoms with van der Waals surface area (Å²) >= 11 is 1.54. The number of esters is 1. The molecule has 6 nitrogen and oxygen atoms in total. The van der Waals surface area contributed by atoms with Crippen molar-refractivity contribution < 1.29 is 14.3 Å². The molecule has 2 aromatic carbocycles. The summed E-state index contributed by atoms with van der Waals surface area (Å²) in [7, 11) is 0. The van der Waals surface area contributed by atoms with Crippen LogP contribution in [0.5, 0.6) is 5.75 Å². The van der Waals surface area contributed by atoms with E-state index in [2.05, 4.69) is 11.9 Å². The summed E-state index contributed by atoms with van der Waals surface area (Å²) in [5.74, 6) is 0.560. The lowest BCUT2D eigenvalue weighted by molar-refractivity contribution is 0.0526. The van der Waals surface area contributed by atoms with Gasteiger partial charge in [0, 0.05) is 11.1 Å². The van der Waals surface area contributed by atoms with Crippen LogP contribution in [-0.4, -0.2) is 33.8 Å². The summed E-state index contributed by atoms with van der Waals surface area (Å²) in [6.45, 7) is 5.08. The Labute approximate surface area is 185 Å². The molecule has 0 radical (unpaired) electrons. The number of carbonyl (C=O) groups is 1. The first-order chi connectivity index (χ1) is 15.2. The molecule has 0 atom stereocenters. The molecule has 0 aliphatic rings. The minimum absolute atomic E-state index is 0.318. The molecule has 0 N–H and O–H groups in total. The third-order valence-corrected chi connectivity index (χ3v) is 5.87. The Hall–Kier alpha value is -3.19. The summed E-state index contributed by atoms with van der Waals surface area (Å²) in [5, 5.41) is 5.66. The van der Waals surface area contributed by atoms with Gasteiger partial charge in [-0.1, -0.05) is 43.2 Å². The van der Waals surface area contributed by atoms with E-state index in [1.54, 1.807) is 25.3 Å². The number of fused-ring (bicyclic) bond motifs is 1. The average Bonchev–Trinajstić information content (AvgIpc) is 3.39. The van der Waals surface area contributed by atoms with Gasteiger partial charge < -0.3 is 9.47 Å². The highest BCUT2D eigenvalue weighted by molar-refractivity contribution is 7.19. The van der Waals surface area contributed by atoms with Gasteiger partial charge in [0.05, 0.1) is 30.7 Å². The highest BCUT2D eigenvalue weighted by Gasteiger charge is 2.14. The van der Waals surface area contributed by atoms with Crippen molar-refractivity contribution in [1.29, 1.82) is 0 Å². The standard InChI is InChI=1S/C24H25N3O3S/c1-3-5-6-15-30-20-13-11-18(12-14-20)22-26-27-21(16-25-24(27)31-22)17-7-9-19(10-8-17)23(28)29-4-2/h7-14,16H,3-6,15H2,1-2H3. The molecule has 0 fully saturated rings. The summed E-state index contributed by atoms with van der Waals surface area (Å²) in [6, 6.07) is 15.3. The van der Waals surface area contributed by atoms with Crippen molar-refractivity contribution >= 4 is 22.3 Å². The van der Waals surface area contributed by atoms with Crippen LogP contribution in [0.1, 0.15) is 43.5 Å². The summed E-state index contributed by atoms with van der Waals surface area (Å²) < 4.78 is 12.7. The van der Waals surface area contributed by atoms with Gasteiger partial charge in [-0.2, -0.15) is 5.10 Å². The highest BCUT2D eigenvalue weighted by atomic mass is 32.1. The van der Waals surface area contributed by atoms with E-state index < -0.39 is 0 Å². The molecule has 2 heterocycles. The fraction of sp³-hybridized carbons (Fsp3) is 0.292. The number of hydrogen-bond donors (Lipinski definition) is 0. The summed E-state index contributed by atoms with van der Waals surface area (Å²) in [5.41, 5.74) is 3.37. The minimum atomic E-state index is -0.318. The van der Waals surface area contributed by atoms with Gasteiger partial charge in [0.2, 0.25) is 4.96 Å². The monoisotopic (exact) mass is 435 g/mol. The molecule has 160 valence electrons. The highest BCUT2D eigenvalue weighted by Crippen LogP contribution is 2.30. The maximum Gasteiger partial charge on any atom is 0.338 e. The molecule has 0 saturated heterocycles. The maximum atomic E-state index is 11.9. The zero-order chi connectivity index (χ0) is 21.6. The van der Waals surface area contributed by atoms with Gasteiger partial charge in [0.1, 0.15) is 10.8 Å². The minimum Gasteiger partial charge on any atom is -0.494 e. The Morgan fingerprint density at radius 1 is 1.00 bits per heavy atom. The number of carbonyl (C=O) groups excluding carboxylic acids is 1. The molecule has 0 bridgehead atoms. The summed E-state index contributed by atoms with van der Waals surface area (Å²) in [6.07, 6.45) is 5.25. The molecule has 4 rings (SSSR count). The van der Waals surface area contributed by atoms with Crippen molar-refractivity contribution in [2.45, 2.75) is 33.1 Å². The SMILES string of the molecule is CCCCCOc1ccc(-c2nn3c(-c4ccc(C(=O)OCC)cc4)cnc3s2)cc1. The lowest BCUT2D eigenvalue weighted by Crippen LogP contribution is -2.04. The van der Waals surface area contributed by atoms with Gasteiger partial charge >= 0.3 is 5.97 Å². The second-order valence-corrected chi connectivity index (χ2v) is 8.08. The summed E-state index contributed by atoms with van der Waals surface area (Å²) in [4.78, 5) is 17.2. The Balaban J connectivity index is 1.52. The molecule has 0 aliphatic carbocycles. The number of hydrogen-bond acceptors (Lipinski definition) is 6. The Morgan fingerprint density at radius 3 is 2.45 bits per heavy atom. The van der Waals surface area contributed by atoms with Crippen LogP contribution < -0.4 is 4.74 Å². The third kappa shape index (κ3) is 4.77. The fourth-order valence-electron chi connectivity index (χ4n) is 3.23. The third-order valence-electron chi connectivity index (χ3n) is 4.90. The molecule has 7 heteroatoms. The Morgan fingerprint density at radius 2 is 1.74 bits per heavy atom. The number of ether oxygens (including phenoxy) is 2. The van der Waals surface area contributed by atoms with E-state index in [1.165, 1.54) is 24.2 Å². The number of unbranched alkanes of at least 4 members (excludes halogenated alkanes) is 2. The van der Waals surface area contributed by atoms with Crippen LogP contribution >= 0.6 is 11.3 Å². The predicted octanol–water partition coefficient (Wildman–Crippen LogP) is 5.87. The van der Waals surface area contributed by atoms with E-state index >= 15 is 0 Å². The quantitative estimate of drug-likeness (QED) is 0.243. The van der Waals surface area contributed by atoms with E-state index in [0.717, 1.165) is 45.6 Å². The Bertz CT molecular complexity index is 1150. The van der Waals surface area contributed by atoms with E-state index in [-0.39, 0.29) is 5.97 Å². The van der Waals surface area contributed by atoms with E-state index in [0.29, 0.717) is 12.2 Å². The lowest BCUT2D eigenvalue weighted by atomic mass is 10.1. The number of benzene rings is 2. The van der Waals surface area contributed by atoms with Crippen molar-refractivity contribution in [2.24, 2.45) is 0 Å². The van der Waals surface area contributed by atoms with Crippen LogP contribution in [0.2, 0.25) is 0 Å². The van der Waals surface area contributed by atoms with Crippen molar-refractivity contribution in [3.8, 4) is 27.6 Å². The Kier molecular flexibility index (Phi) is 6.62. The van der Waals surface area contributed by atoms with Crippen LogP contribution in [0, 0.1) is 0 Å². The lowest BCUT2D eigenvalue weighted by Gasteiger charge is -2.06. The van der Waals surface area contributed by atoms with Crippen LogP contribution in [0.15, 0.2) is 54.7 Å². The molecule has 0 amide bonds. The van der Waals surface area contributed by atoms with Crippen molar-refractivity contribution in [1.82, 2.24) is 14.6 Å². The van der Waals surface area contributed by atoms with Gasteiger partial charge in [-0.3, -0.25) is 0 Å². The van der Waals surface area contributed by atoms with Gasteiger partial charge in [-0.25, -0.2) is 14.3 Å². The molecule has 0 saturated carbocycles. The van der Waals surface area contributed by atoms with Crippen molar-refractivity contribution in [2.75, 3.05) is 13.2 Å². The first-order valence-corrected chi connectivity index (χ1v) is 11.4. The van der Waals surface area contributed by atoms with Gasteiger partial charge in [-0.05, 0) is 49.7 Å². The largest absolute Gasteiger partial charge is 0.494 e. The van der Waals surface area contributed by atoms with Gasteiger partial charge in [-0.15, -0.1) is 0 Å². The topological polar surface area (TPSA) is 65.7 Å². The van der Waals surface area contributed by atoms with E-state index in [4.69, 9.17) is 14.6 Å². The van der Waals surface area contributed by atoms with E-state index in [1.807, 2.05) is 40.9 Å². The van der Waals surface area contributed by atoms with Crippen LogP contribution in [0.25, 0.3) is 26.8 Å². The zero-order valence-electron chi connectivity index (χ0n) is 17.7. The molecular weight excluding hydrogens is 410 g/mol. The zero-order valence-corrected chi connectivity index (χ0v) is 18.5.